The van der Waals surface area contributed by atoms with Gasteiger partial charge in [0, 0.05) is 46.9 Å². The monoisotopic (exact) mass is 472 g/mol. The summed E-state index contributed by atoms with van der Waals surface area (Å²) in [6.45, 7) is 1.67. The number of fused-ring (bicyclic) bond motifs is 1. The maximum absolute atomic E-state index is 12.3. The third kappa shape index (κ3) is 5.03. The minimum atomic E-state index is -0.338. The molecule has 0 radical (unpaired) electrons. The van der Waals surface area contributed by atoms with Crippen molar-refractivity contribution in [2.75, 3.05) is 23.7 Å². The summed E-state index contributed by atoms with van der Waals surface area (Å²) in [6.07, 6.45) is 5.13. The van der Waals surface area contributed by atoms with E-state index >= 15 is 0 Å². The van der Waals surface area contributed by atoms with Crippen LogP contribution in [0.3, 0.4) is 0 Å². The van der Waals surface area contributed by atoms with Crippen molar-refractivity contribution in [2.45, 2.75) is 13.0 Å². The van der Waals surface area contributed by atoms with Crippen LogP contribution in [0.15, 0.2) is 47.3 Å². The Labute approximate surface area is 179 Å². The number of thiazole rings is 1. The molecular formula is C19H17BrN6O2S. The molecule has 29 heavy (non-hydrogen) atoms. The highest BCUT2D eigenvalue weighted by molar-refractivity contribution is 9.10. The van der Waals surface area contributed by atoms with Crippen LogP contribution in [0, 0.1) is 0 Å². The minimum Gasteiger partial charge on any atom is -0.325 e. The maximum Gasteiger partial charge on any atom is 0.277 e. The fourth-order valence-electron chi connectivity index (χ4n) is 2.95. The smallest absolute Gasteiger partial charge is 0.277 e. The van der Waals surface area contributed by atoms with E-state index in [4.69, 9.17) is 0 Å². The van der Waals surface area contributed by atoms with E-state index in [-0.39, 0.29) is 17.5 Å². The highest BCUT2D eigenvalue weighted by Crippen LogP contribution is 2.28. The van der Waals surface area contributed by atoms with E-state index in [1.807, 2.05) is 24.3 Å². The average Bonchev–Trinajstić information content (AvgIpc) is 3.12. The maximum atomic E-state index is 12.3. The molecule has 0 saturated heterocycles. The van der Waals surface area contributed by atoms with Crippen LogP contribution in [-0.4, -0.2) is 44.8 Å². The number of hydrogen-bond acceptors (Lipinski definition) is 7. The predicted molar refractivity (Wildman–Crippen MR) is 114 cm³/mol. The summed E-state index contributed by atoms with van der Waals surface area (Å²) in [5, 5.41) is 6.21. The summed E-state index contributed by atoms with van der Waals surface area (Å²) < 4.78 is 0.964. The quantitative estimate of drug-likeness (QED) is 0.591. The van der Waals surface area contributed by atoms with Crippen LogP contribution in [0.2, 0.25) is 0 Å². The standard InChI is InChI=1S/C19H17BrN6O2S/c20-12-1-3-13(4-2-12)23-17(27)11-26-8-5-14-16(10-26)29-19(24-14)25-18(28)15-9-21-6-7-22-15/h1-4,6-7,9H,5,8,10-11H2,(H,23,27)(H,24,25,28). The van der Waals surface area contributed by atoms with Crippen molar-refractivity contribution in [3.8, 4) is 0 Å². The van der Waals surface area contributed by atoms with Gasteiger partial charge in [-0.25, -0.2) is 9.97 Å². The number of benzene rings is 1. The molecular weight excluding hydrogens is 456 g/mol. The Morgan fingerprint density at radius 1 is 1.17 bits per heavy atom. The molecule has 2 N–H and O–H groups in total. The van der Waals surface area contributed by atoms with Crippen LogP contribution in [0.5, 0.6) is 0 Å². The molecule has 0 spiro atoms. The molecule has 0 fully saturated rings. The lowest BCUT2D eigenvalue weighted by atomic mass is 10.2. The van der Waals surface area contributed by atoms with Crippen molar-refractivity contribution in [3.63, 3.8) is 0 Å². The lowest BCUT2D eigenvalue weighted by Gasteiger charge is -2.25. The normalized spacial score (nSPS) is 13.6. The Kier molecular flexibility index (Phi) is 5.93. The predicted octanol–water partition coefficient (Wildman–Crippen LogP) is 2.94. The number of anilines is 2. The number of amides is 2. The van der Waals surface area contributed by atoms with Crippen LogP contribution in [0.4, 0.5) is 10.8 Å². The van der Waals surface area contributed by atoms with Gasteiger partial charge in [0.2, 0.25) is 5.91 Å². The van der Waals surface area contributed by atoms with E-state index in [9.17, 15) is 9.59 Å². The van der Waals surface area contributed by atoms with E-state index in [0.717, 1.165) is 33.7 Å². The number of hydrogen-bond donors (Lipinski definition) is 2. The van der Waals surface area contributed by atoms with Gasteiger partial charge in [-0.2, -0.15) is 0 Å². The zero-order valence-electron chi connectivity index (χ0n) is 15.3. The largest absolute Gasteiger partial charge is 0.325 e. The molecule has 2 amide bonds. The van der Waals surface area contributed by atoms with E-state index in [1.54, 1.807) is 0 Å². The van der Waals surface area contributed by atoms with Gasteiger partial charge in [-0.05, 0) is 24.3 Å². The third-order valence-electron chi connectivity index (χ3n) is 4.32. The number of halogens is 1. The minimum absolute atomic E-state index is 0.0588. The summed E-state index contributed by atoms with van der Waals surface area (Å²) in [4.78, 5) is 40.1. The molecule has 1 aliphatic rings. The number of carbonyl (C=O) groups is 2. The van der Waals surface area contributed by atoms with E-state index < -0.39 is 0 Å². The molecule has 0 unspecified atom stereocenters. The number of nitrogens with zero attached hydrogens (tertiary/aromatic N) is 4. The first-order chi connectivity index (χ1) is 14.1. The van der Waals surface area contributed by atoms with Crippen LogP contribution >= 0.6 is 27.3 Å². The summed E-state index contributed by atoms with van der Waals surface area (Å²) in [7, 11) is 0. The molecule has 2 aromatic heterocycles. The third-order valence-corrected chi connectivity index (χ3v) is 5.85. The van der Waals surface area contributed by atoms with Gasteiger partial charge in [-0.1, -0.05) is 15.9 Å². The Morgan fingerprint density at radius 3 is 2.76 bits per heavy atom. The Bertz CT molecular complexity index is 1020. The number of aromatic nitrogens is 3. The Hall–Kier alpha value is -2.69. The van der Waals surface area contributed by atoms with Gasteiger partial charge < -0.3 is 5.32 Å². The molecule has 4 rings (SSSR count). The van der Waals surface area contributed by atoms with E-state index in [0.29, 0.717) is 18.2 Å². The number of carbonyl (C=O) groups excluding carboxylic acids is 2. The molecule has 1 aliphatic heterocycles. The van der Waals surface area contributed by atoms with Crippen molar-refractivity contribution in [3.05, 3.63) is 63.6 Å². The molecule has 3 heterocycles. The summed E-state index contributed by atoms with van der Waals surface area (Å²) in [5.74, 6) is -0.397. The van der Waals surface area contributed by atoms with Crippen LogP contribution in [0.1, 0.15) is 21.1 Å². The van der Waals surface area contributed by atoms with E-state index in [1.165, 1.54) is 29.9 Å². The molecule has 3 aromatic rings. The fraction of sp³-hybridized carbons (Fsp3) is 0.211. The molecule has 1 aromatic carbocycles. The lowest BCUT2D eigenvalue weighted by molar-refractivity contribution is -0.117. The van der Waals surface area contributed by atoms with Gasteiger partial charge in [-0.3, -0.25) is 24.8 Å². The first kappa shape index (κ1) is 19.6. The first-order valence-electron chi connectivity index (χ1n) is 8.90. The molecule has 0 saturated carbocycles. The summed E-state index contributed by atoms with van der Waals surface area (Å²) in [6, 6.07) is 7.48. The van der Waals surface area contributed by atoms with Crippen LogP contribution in [0.25, 0.3) is 0 Å². The van der Waals surface area contributed by atoms with Crippen LogP contribution < -0.4 is 10.6 Å². The topological polar surface area (TPSA) is 100 Å². The van der Waals surface area contributed by atoms with Gasteiger partial charge >= 0.3 is 0 Å². The second-order valence-corrected chi connectivity index (χ2v) is 8.45. The molecule has 10 heteroatoms. The van der Waals surface area contributed by atoms with Gasteiger partial charge in [0.05, 0.1) is 18.4 Å². The van der Waals surface area contributed by atoms with Gasteiger partial charge in [0.25, 0.3) is 5.91 Å². The summed E-state index contributed by atoms with van der Waals surface area (Å²) in [5.41, 5.74) is 1.98. The van der Waals surface area contributed by atoms with Gasteiger partial charge in [-0.15, -0.1) is 11.3 Å². The van der Waals surface area contributed by atoms with Crippen molar-refractivity contribution in [2.24, 2.45) is 0 Å². The second-order valence-electron chi connectivity index (χ2n) is 6.45. The highest BCUT2D eigenvalue weighted by atomic mass is 79.9. The molecule has 0 atom stereocenters. The molecule has 0 aliphatic carbocycles. The molecule has 8 nitrogen and oxygen atoms in total. The fourth-order valence-corrected chi connectivity index (χ4v) is 4.26. The van der Waals surface area contributed by atoms with Crippen LogP contribution in [-0.2, 0) is 17.8 Å². The van der Waals surface area contributed by atoms with Crippen molar-refractivity contribution >= 4 is 49.9 Å². The van der Waals surface area contributed by atoms with Crippen molar-refractivity contribution < 1.29 is 9.59 Å². The second kappa shape index (κ2) is 8.76. The van der Waals surface area contributed by atoms with Gasteiger partial charge in [0.1, 0.15) is 5.69 Å². The lowest BCUT2D eigenvalue weighted by Crippen LogP contribution is -2.36. The van der Waals surface area contributed by atoms with E-state index in [2.05, 4.69) is 46.4 Å². The average molecular weight is 473 g/mol. The highest BCUT2D eigenvalue weighted by Gasteiger charge is 2.23. The number of rotatable bonds is 5. The van der Waals surface area contributed by atoms with Gasteiger partial charge in [0.15, 0.2) is 5.13 Å². The first-order valence-corrected chi connectivity index (χ1v) is 10.5. The molecule has 148 valence electrons. The summed E-state index contributed by atoms with van der Waals surface area (Å²) >= 11 is 4.80. The zero-order chi connectivity index (χ0) is 20.2. The Balaban J connectivity index is 1.34. The number of nitrogens with one attached hydrogen (secondary N) is 2. The SMILES string of the molecule is O=C(CN1CCc2nc(NC(=O)c3cnccn3)sc2C1)Nc1ccc(Br)cc1. The van der Waals surface area contributed by atoms with Crippen molar-refractivity contribution in [1.29, 1.82) is 0 Å². The molecule has 0 bridgehead atoms. The van der Waals surface area contributed by atoms with Crippen molar-refractivity contribution in [1.82, 2.24) is 19.9 Å². The zero-order valence-corrected chi connectivity index (χ0v) is 17.7. The Morgan fingerprint density at radius 2 is 2.00 bits per heavy atom.